The van der Waals surface area contributed by atoms with Gasteiger partial charge in [0.2, 0.25) is 0 Å². The van der Waals surface area contributed by atoms with E-state index in [1.807, 2.05) is 30.3 Å². The maximum Gasteiger partial charge on any atom is 0.135 e. The minimum atomic E-state index is 0.889. The van der Waals surface area contributed by atoms with Gasteiger partial charge >= 0.3 is 0 Å². The first kappa shape index (κ1) is 22.9. The lowest BCUT2D eigenvalue weighted by molar-refractivity contribution is 0.669. The van der Waals surface area contributed by atoms with Crippen LogP contribution >= 0.6 is 0 Å². The lowest BCUT2D eigenvalue weighted by atomic mass is 10.0. The molecular formula is C36H26N2O. The van der Waals surface area contributed by atoms with E-state index < -0.39 is 0 Å². The SMILES string of the molecule is c1ccc(Nc2ccc(N(c3cccc(-c4ccccc4)c3)c3ccc4oc5ccccc5c4c3)cc2)cc1. The molecule has 0 aliphatic rings. The van der Waals surface area contributed by atoms with E-state index in [9.17, 15) is 0 Å². The van der Waals surface area contributed by atoms with Crippen molar-refractivity contribution in [3.63, 3.8) is 0 Å². The number of furan rings is 1. The third-order valence-electron chi connectivity index (χ3n) is 7.02. The van der Waals surface area contributed by atoms with Gasteiger partial charge in [-0.2, -0.15) is 0 Å². The molecule has 39 heavy (non-hydrogen) atoms. The van der Waals surface area contributed by atoms with Crippen LogP contribution in [0.2, 0.25) is 0 Å². The summed E-state index contributed by atoms with van der Waals surface area (Å²) >= 11 is 0. The normalized spacial score (nSPS) is 11.1. The van der Waals surface area contributed by atoms with Crippen molar-refractivity contribution in [1.29, 1.82) is 0 Å². The maximum absolute atomic E-state index is 6.12. The van der Waals surface area contributed by atoms with Crippen molar-refractivity contribution >= 4 is 50.4 Å². The van der Waals surface area contributed by atoms with Crippen LogP contribution in [0.3, 0.4) is 0 Å². The van der Waals surface area contributed by atoms with Crippen molar-refractivity contribution in [2.45, 2.75) is 0 Å². The Kier molecular flexibility index (Phi) is 5.80. The summed E-state index contributed by atoms with van der Waals surface area (Å²) in [5.74, 6) is 0. The van der Waals surface area contributed by atoms with Crippen molar-refractivity contribution in [1.82, 2.24) is 0 Å². The molecule has 1 aromatic heterocycles. The highest BCUT2D eigenvalue weighted by Gasteiger charge is 2.16. The molecule has 3 heteroatoms. The Labute approximate surface area is 227 Å². The second-order valence-electron chi connectivity index (χ2n) is 9.57. The van der Waals surface area contributed by atoms with Crippen LogP contribution in [0.5, 0.6) is 0 Å². The Bertz CT molecular complexity index is 1870. The number of fused-ring (bicyclic) bond motifs is 3. The van der Waals surface area contributed by atoms with Crippen LogP contribution in [0.1, 0.15) is 0 Å². The van der Waals surface area contributed by atoms with Gasteiger partial charge in [0.1, 0.15) is 11.2 Å². The molecule has 0 aliphatic carbocycles. The predicted molar refractivity (Wildman–Crippen MR) is 164 cm³/mol. The van der Waals surface area contributed by atoms with E-state index in [1.165, 1.54) is 11.1 Å². The van der Waals surface area contributed by atoms with Crippen molar-refractivity contribution in [3.05, 3.63) is 152 Å². The first-order valence-electron chi connectivity index (χ1n) is 13.1. The van der Waals surface area contributed by atoms with Gasteiger partial charge in [0, 0.05) is 39.2 Å². The minimum Gasteiger partial charge on any atom is -0.456 e. The molecular weight excluding hydrogens is 476 g/mol. The van der Waals surface area contributed by atoms with Gasteiger partial charge in [0.25, 0.3) is 0 Å². The largest absolute Gasteiger partial charge is 0.456 e. The smallest absolute Gasteiger partial charge is 0.135 e. The van der Waals surface area contributed by atoms with E-state index in [-0.39, 0.29) is 0 Å². The highest BCUT2D eigenvalue weighted by molar-refractivity contribution is 6.06. The monoisotopic (exact) mass is 502 g/mol. The van der Waals surface area contributed by atoms with Gasteiger partial charge in [-0.15, -0.1) is 0 Å². The first-order valence-corrected chi connectivity index (χ1v) is 13.1. The Hall–Kier alpha value is -5.28. The van der Waals surface area contributed by atoms with E-state index >= 15 is 0 Å². The van der Waals surface area contributed by atoms with Crippen molar-refractivity contribution in [2.75, 3.05) is 10.2 Å². The molecule has 0 atom stereocenters. The molecule has 3 nitrogen and oxygen atoms in total. The minimum absolute atomic E-state index is 0.889. The van der Waals surface area contributed by atoms with Crippen molar-refractivity contribution < 1.29 is 4.42 Å². The summed E-state index contributed by atoms with van der Waals surface area (Å²) in [6, 6.07) is 52.7. The highest BCUT2D eigenvalue weighted by atomic mass is 16.3. The molecule has 0 radical (unpaired) electrons. The lowest BCUT2D eigenvalue weighted by Crippen LogP contribution is -2.10. The summed E-state index contributed by atoms with van der Waals surface area (Å²) in [6.45, 7) is 0. The molecule has 6 aromatic carbocycles. The summed E-state index contributed by atoms with van der Waals surface area (Å²) in [5, 5.41) is 5.72. The van der Waals surface area contributed by atoms with Gasteiger partial charge in [-0.3, -0.25) is 0 Å². The zero-order valence-corrected chi connectivity index (χ0v) is 21.3. The van der Waals surface area contributed by atoms with Gasteiger partial charge in [-0.1, -0.05) is 78.9 Å². The second-order valence-corrected chi connectivity index (χ2v) is 9.57. The second kappa shape index (κ2) is 9.88. The molecule has 7 rings (SSSR count). The van der Waals surface area contributed by atoms with Crippen LogP contribution in [-0.2, 0) is 0 Å². The molecule has 1 N–H and O–H groups in total. The summed E-state index contributed by atoms with van der Waals surface area (Å²) in [4.78, 5) is 2.31. The Morgan fingerprint density at radius 1 is 0.410 bits per heavy atom. The summed E-state index contributed by atoms with van der Waals surface area (Å²) in [6.07, 6.45) is 0. The van der Waals surface area contributed by atoms with Crippen molar-refractivity contribution in [3.8, 4) is 11.1 Å². The van der Waals surface area contributed by atoms with Crippen LogP contribution in [0.25, 0.3) is 33.1 Å². The van der Waals surface area contributed by atoms with E-state index in [2.05, 4.69) is 132 Å². The topological polar surface area (TPSA) is 28.4 Å². The zero-order valence-electron chi connectivity index (χ0n) is 21.3. The Morgan fingerprint density at radius 3 is 1.85 bits per heavy atom. The first-order chi connectivity index (χ1) is 19.3. The van der Waals surface area contributed by atoms with Gasteiger partial charge in [-0.05, 0) is 83.9 Å². The molecule has 0 saturated carbocycles. The quantitative estimate of drug-likeness (QED) is 0.245. The standard InChI is InChI=1S/C36H26N2O/c1-3-10-26(11-4-1)27-12-9-15-31(24-27)38(30-20-18-29(19-21-30)37-28-13-5-2-6-14-28)32-22-23-36-34(25-32)33-16-7-8-17-35(33)39-36/h1-25,37H. The van der Waals surface area contributed by atoms with Crippen LogP contribution in [0, 0.1) is 0 Å². The number of benzene rings is 6. The molecule has 0 aliphatic heterocycles. The molecule has 0 bridgehead atoms. The highest BCUT2D eigenvalue weighted by Crippen LogP contribution is 2.40. The third-order valence-corrected chi connectivity index (χ3v) is 7.02. The van der Waals surface area contributed by atoms with E-state index in [0.717, 1.165) is 50.4 Å². The van der Waals surface area contributed by atoms with E-state index in [4.69, 9.17) is 4.42 Å². The fraction of sp³-hybridized carbons (Fsp3) is 0. The maximum atomic E-state index is 6.12. The molecule has 0 spiro atoms. The predicted octanol–water partition coefficient (Wildman–Crippen LogP) is 10.5. The molecule has 0 amide bonds. The fourth-order valence-corrected chi connectivity index (χ4v) is 5.14. The molecule has 0 fully saturated rings. The Morgan fingerprint density at radius 2 is 1.03 bits per heavy atom. The van der Waals surface area contributed by atoms with Gasteiger partial charge in [0.15, 0.2) is 0 Å². The molecule has 1 heterocycles. The van der Waals surface area contributed by atoms with Gasteiger partial charge < -0.3 is 14.6 Å². The van der Waals surface area contributed by atoms with Crippen molar-refractivity contribution in [2.24, 2.45) is 0 Å². The molecule has 0 saturated heterocycles. The van der Waals surface area contributed by atoms with Gasteiger partial charge in [-0.25, -0.2) is 0 Å². The Balaban J connectivity index is 1.34. The van der Waals surface area contributed by atoms with Crippen LogP contribution in [0.15, 0.2) is 156 Å². The fourth-order valence-electron chi connectivity index (χ4n) is 5.14. The summed E-state index contributed by atoms with van der Waals surface area (Å²) in [7, 11) is 0. The van der Waals surface area contributed by atoms with E-state index in [1.54, 1.807) is 0 Å². The van der Waals surface area contributed by atoms with Gasteiger partial charge in [0.05, 0.1) is 0 Å². The number of rotatable bonds is 6. The lowest BCUT2D eigenvalue weighted by Gasteiger charge is -2.26. The number of hydrogen-bond donors (Lipinski definition) is 1. The molecule has 0 unspecified atom stereocenters. The van der Waals surface area contributed by atoms with Crippen LogP contribution in [-0.4, -0.2) is 0 Å². The van der Waals surface area contributed by atoms with Crippen LogP contribution in [0.4, 0.5) is 28.4 Å². The summed E-state index contributed by atoms with van der Waals surface area (Å²) < 4.78 is 6.12. The average Bonchev–Trinajstić information content (AvgIpc) is 3.38. The average molecular weight is 503 g/mol. The molecule has 7 aromatic rings. The van der Waals surface area contributed by atoms with E-state index in [0.29, 0.717) is 0 Å². The number of nitrogens with one attached hydrogen (secondary N) is 1. The number of nitrogens with zero attached hydrogens (tertiary/aromatic N) is 1. The zero-order chi connectivity index (χ0) is 26.0. The number of anilines is 5. The third kappa shape index (κ3) is 4.51. The van der Waals surface area contributed by atoms with Crippen LogP contribution < -0.4 is 10.2 Å². The number of hydrogen-bond acceptors (Lipinski definition) is 3. The number of para-hydroxylation sites is 2. The summed E-state index contributed by atoms with van der Waals surface area (Å²) in [5.41, 5.74) is 9.50. The molecule has 186 valence electrons.